The molecule has 1 unspecified atom stereocenters. The summed E-state index contributed by atoms with van der Waals surface area (Å²) in [5, 5.41) is 2.17. The summed E-state index contributed by atoms with van der Waals surface area (Å²) in [7, 11) is -3.79. The van der Waals surface area contributed by atoms with E-state index in [0.29, 0.717) is 16.6 Å². The summed E-state index contributed by atoms with van der Waals surface area (Å²) < 4.78 is 19.9. The van der Waals surface area contributed by atoms with Crippen molar-refractivity contribution in [3.63, 3.8) is 0 Å². The van der Waals surface area contributed by atoms with Gasteiger partial charge in [0.05, 0.1) is 5.30 Å². The van der Waals surface area contributed by atoms with Crippen LogP contribution in [0.25, 0.3) is 21.9 Å². The zero-order valence-electron chi connectivity index (χ0n) is 14.3. The number of para-hydroxylation sites is 1. The van der Waals surface area contributed by atoms with Gasteiger partial charge in [0.15, 0.2) is 0 Å². The van der Waals surface area contributed by atoms with Crippen molar-refractivity contribution in [3.05, 3.63) is 96.6 Å². The highest BCUT2D eigenvalue weighted by Gasteiger charge is 2.43. The Morgan fingerprint density at radius 1 is 0.704 bits per heavy atom. The Hall–Kier alpha value is -3.16. The average Bonchev–Trinajstić information content (AvgIpc) is 2.73. The molecule has 130 valence electrons. The fraction of sp³-hybridized carbons (Fsp3) is 0. The lowest BCUT2D eigenvalue weighted by molar-refractivity contribution is 0.106. The van der Waals surface area contributed by atoms with Crippen LogP contribution in [0.15, 0.2) is 91.0 Å². The molecule has 27 heavy (non-hydrogen) atoms. The Balaban J connectivity index is 1.75. The molecule has 0 fully saturated rings. The Kier molecular flexibility index (Phi) is 3.53. The van der Waals surface area contributed by atoms with Gasteiger partial charge in [-0.05, 0) is 28.5 Å². The fourth-order valence-corrected chi connectivity index (χ4v) is 5.78. The minimum atomic E-state index is -3.79. The third-order valence-corrected chi connectivity index (χ3v) is 7.17. The van der Waals surface area contributed by atoms with E-state index in [-0.39, 0.29) is 0 Å². The molecule has 4 heteroatoms. The summed E-state index contributed by atoms with van der Waals surface area (Å²) in [6.45, 7) is 0. The molecule has 1 aliphatic heterocycles. The number of fused-ring (bicyclic) bond motifs is 4. The van der Waals surface area contributed by atoms with Gasteiger partial charge in [-0.3, -0.25) is 9.36 Å². The van der Waals surface area contributed by atoms with Crippen LogP contribution >= 0.6 is 7.37 Å². The van der Waals surface area contributed by atoms with E-state index < -0.39 is 12.9 Å². The van der Waals surface area contributed by atoms with Crippen LogP contribution in [0, 0.1) is 0 Å². The third kappa shape index (κ3) is 2.36. The summed E-state index contributed by atoms with van der Waals surface area (Å²) in [4.78, 5) is 13.5. The molecule has 0 aromatic heterocycles. The number of rotatable bonds is 2. The van der Waals surface area contributed by atoms with Gasteiger partial charge < -0.3 is 4.52 Å². The molecule has 4 aromatic rings. The van der Waals surface area contributed by atoms with Crippen LogP contribution in [0.3, 0.4) is 0 Å². The molecule has 0 amide bonds. The highest BCUT2D eigenvalue weighted by molar-refractivity contribution is 7.84. The normalized spacial score (nSPS) is 17.6. The van der Waals surface area contributed by atoms with Gasteiger partial charge in [-0.2, -0.15) is 0 Å². The Morgan fingerprint density at radius 3 is 2.26 bits per heavy atom. The Labute approximate surface area is 156 Å². The third-order valence-electron chi connectivity index (χ3n) is 4.91. The van der Waals surface area contributed by atoms with Gasteiger partial charge in [0.25, 0.3) is 5.52 Å². The molecule has 0 saturated carbocycles. The van der Waals surface area contributed by atoms with E-state index in [9.17, 15) is 9.36 Å². The number of hydrogen-bond acceptors (Lipinski definition) is 3. The van der Waals surface area contributed by atoms with E-state index >= 15 is 0 Å². The second-order valence-electron chi connectivity index (χ2n) is 6.49. The topological polar surface area (TPSA) is 43.4 Å². The monoisotopic (exact) mass is 370 g/mol. The van der Waals surface area contributed by atoms with Gasteiger partial charge in [0.1, 0.15) is 5.75 Å². The van der Waals surface area contributed by atoms with Crippen molar-refractivity contribution in [1.29, 1.82) is 0 Å². The largest absolute Gasteiger partial charge is 0.434 e. The zero-order chi connectivity index (χ0) is 18.4. The van der Waals surface area contributed by atoms with Crippen LogP contribution in [0.2, 0.25) is 0 Å². The number of carbonyl (C=O) groups excluding carboxylic acids is 1. The van der Waals surface area contributed by atoms with Crippen LogP contribution in [0.1, 0.15) is 10.4 Å². The molecule has 0 spiro atoms. The van der Waals surface area contributed by atoms with Gasteiger partial charge in [0, 0.05) is 11.1 Å². The second-order valence-corrected chi connectivity index (χ2v) is 8.66. The maximum Gasteiger partial charge on any atom is 0.347 e. The molecule has 1 atom stereocenters. The summed E-state index contributed by atoms with van der Waals surface area (Å²) in [6, 6.07) is 27.8. The van der Waals surface area contributed by atoms with Crippen LogP contribution in [-0.2, 0) is 4.57 Å². The molecule has 1 aliphatic rings. The Morgan fingerprint density at radius 2 is 1.37 bits per heavy atom. The van der Waals surface area contributed by atoms with E-state index in [4.69, 9.17) is 4.52 Å². The minimum Gasteiger partial charge on any atom is -0.434 e. The molecule has 5 rings (SSSR count). The van der Waals surface area contributed by atoms with Crippen molar-refractivity contribution < 1.29 is 13.9 Å². The molecule has 1 heterocycles. The Bertz CT molecular complexity index is 1250. The summed E-state index contributed by atoms with van der Waals surface area (Å²) in [5.74, 6) is 0.480. The first-order valence-corrected chi connectivity index (χ1v) is 10.3. The molecular formula is C23H15O3P. The van der Waals surface area contributed by atoms with Gasteiger partial charge in [0.2, 0.25) is 0 Å². The number of benzene rings is 4. The first-order chi connectivity index (χ1) is 13.2. The predicted octanol–water partition coefficient (Wildman–Crippen LogP) is 5.64. The van der Waals surface area contributed by atoms with Crippen molar-refractivity contribution in [3.8, 4) is 16.9 Å². The van der Waals surface area contributed by atoms with Crippen molar-refractivity contribution in [2.45, 2.75) is 0 Å². The first-order valence-electron chi connectivity index (χ1n) is 8.70. The van der Waals surface area contributed by atoms with Crippen LogP contribution < -0.4 is 9.83 Å². The molecule has 0 bridgehead atoms. The highest BCUT2D eigenvalue weighted by Crippen LogP contribution is 2.56. The SMILES string of the molecule is O=C(c1cccc2ccccc12)P1(=O)Oc2ccccc2-c2ccccc21. The van der Waals surface area contributed by atoms with Crippen LogP contribution in [0.5, 0.6) is 5.75 Å². The van der Waals surface area contributed by atoms with E-state index in [1.54, 1.807) is 24.3 Å². The standard InChI is InChI=1S/C23H15O3P/c24-23(20-13-7-9-16-8-1-2-10-17(16)20)27(25)22-15-6-4-12-19(22)18-11-3-5-14-21(18)26-27/h1-15H. The molecular weight excluding hydrogens is 355 g/mol. The number of hydrogen-bond donors (Lipinski definition) is 0. The lowest BCUT2D eigenvalue weighted by Crippen LogP contribution is -2.23. The van der Waals surface area contributed by atoms with Crippen molar-refractivity contribution in [2.75, 3.05) is 0 Å². The quantitative estimate of drug-likeness (QED) is 0.429. The van der Waals surface area contributed by atoms with Crippen LogP contribution in [-0.4, -0.2) is 5.52 Å². The van der Waals surface area contributed by atoms with Gasteiger partial charge in [-0.15, -0.1) is 0 Å². The van der Waals surface area contributed by atoms with E-state index in [1.807, 2.05) is 66.7 Å². The summed E-state index contributed by atoms with van der Waals surface area (Å²) in [5.41, 5.74) is 1.59. The summed E-state index contributed by atoms with van der Waals surface area (Å²) in [6.07, 6.45) is 0. The van der Waals surface area contributed by atoms with Crippen LogP contribution in [0.4, 0.5) is 0 Å². The molecule has 0 N–H and O–H groups in total. The lowest BCUT2D eigenvalue weighted by Gasteiger charge is -2.27. The van der Waals surface area contributed by atoms with E-state index in [2.05, 4.69) is 0 Å². The molecule has 0 aliphatic carbocycles. The van der Waals surface area contributed by atoms with Crippen molar-refractivity contribution >= 4 is 29.0 Å². The molecule has 0 radical (unpaired) electrons. The maximum absolute atomic E-state index is 14.0. The predicted molar refractivity (Wildman–Crippen MR) is 108 cm³/mol. The first kappa shape index (κ1) is 16.0. The number of carbonyl (C=O) groups is 1. The van der Waals surface area contributed by atoms with Gasteiger partial charge in [-0.1, -0.05) is 78.9 Å². The molecule has 0 saturated heterocycles. The highest BCUT2D eigenvalue weighted by atomic mass is 31.2. The molecule has 4 aromatic carbocycles. The summed E-state index contributed by atoms with van der Waals surface area (Å²) >= 11 is 0. The van der Waals surface area contributed by atoms with Crippen molar-refractivity contribution in [2.24, 2.45) is 0 Å². The second kappa shape index (κ2) is 5.94. The smallest absolute Gasteiger partial charge is 0.347 e. The lowest BCUT2D eigenvalue weighted by atomic mass is 10.0. The zero-order valence-corrected chi connectivity index (χ0v) is 15.2. The molecule has 3 nitrogen and oxygen atoms in total. The minimum absolute atomic E-state index is 0.422. The fourth-order valence-electron chi connectivity index (χ4n) is 3.64. The van der Waals surface area contributed by atoms with E-state index in [1.165, 1.54) is 0 Å². The van der Waals surface area contributed by atoms with E-state index in [0.717, 1.165) is 21.9 Å². The van der Waals surface area contributed by atoms with Crippen molar-refractivity contribution in [1.82, 2.24) is 0 Å². The average molecular weight is 370 g/mol. The van der Waals surface area contributed by atoms with Gasteiger partial charge in [-0.25, -0.2) is 0 Å². The van der Waals surface area contributed by atoms with Gasteiger partial charge >= 0.3 is 7.37 Å². The maximum atomic E-state index is 14.0.